The summed E-state index contributed by atoms with van der Waals surface area (Å²) >= 11 is 0. The maximum Gasteiger partial charge on any atom is 0.232 e. The molecule has 20 heavy (non-hydrogen) atoms. The number of nitrogens with zero attached hydrogens (tertiary/aromatic N) is 1. The fraction of sp³-hybridized carbons (Fsp3) is 0.533. The normalized spacial score (nSPS) is 21.9. The van der Waals surface area contributed by atoms with Crippen molar-refractivity contribution >= 4 is 5.91 Å². The van der Waals surface area contributed by atoms with Crippen LogP contribution in [0.25, 0.3) is 0 Å². The van der Waals surface area contributed by atoms with Crippen molar-refractivity contribution in [1.82, 2.24) is 10.2 Å². The summed E-state index contributed by atoms with van der Waals surface area (Å²) in [5, 5.41) is 3.22. The Morgan fingerprint density at radius 2 is 2.35 bits per heavy atom. The van der Waals surface area contributed by atoms with Crippen molar-refractivity contribution in [2.45, 2.75) is 13.0 Å². The summed E-state index contributed by atoms with van der Waals surface area (Å²) < 4.78 is 18.4. The van der Waals surface area contributed by atoms with E-state index in [2.05, 4.69) is 5.32 Å². The standard InChI is InChI=1S/C15H21FN2O2/c1-18(9-12-4-3-5-13(16)8-12)14(19)15(11-20-2)6-7-17-10-15/h3-5,8,17H,6-7,9-11H2,1-2H3. The summed E-state index contributed by atoms with van der Waals surface area (Å²) in [5.74, 6) is -0.230. The quantitative estimate of drug-likeness (QED) is 0.886. The van der Waals surface area contributed by atoms with Crippen LogP contribution in [-0.4, -0.2) is 44.7 Å². The van der Waals surface area contributed by atoms with Crippen LogP contribution in [0, 0.1) is 11.2 Å². The van der Waals surface area contributed by atoms with Gasteiger partial charge in [0.1, 0.15) is 5.82 Å². The second kappa shape index (κ2) is 6.33. The summed E-state index contributed by atoms with van der Waals surface area (Å²) in [6.07, 6.45) is 0.771. The van der Waals surface area contributed by atoms with Crippen LogP contribution in [-0.2, 0) is 16.1 Å². The van der Waals surface area contributed by atoms with Crippen LogP contribution in [0.5, 0.6) is 0 Å². The van der Waals surface area contributed by atoms with Crippen molar-refractivity contribution in [2.75, 3.05) is 33.9 Å². The van der Waals surface area contributed by atoms with E-state index >= 15 is 0 Å². The van der Waals surface area contributed by atoms with Crippen LogP contribution in [0.15, 0.2) is 24.3 Å². The first-order valence-corrected chi connectivity index (χ1v) is 6.77. The molecule has 0 aliphatic carbocycles. The van der Waals surface area contributed by atoms with Crippen molar-refractivity contribution in [3.8, 4) is 0 Å². The number of amides is 1. The minimum Gasteiger partial charge on any atom is -0.384 e. The largest absolute Gasteiger partial charge is 0.384 e. The molecule has 1 aromatic carbocycles. The van der Waals surface area contributed by atoms with Gasteiger partial charge in [-0.1, -0.05) is 12.1 Å². The van der Waals surface area contributed by atoms with E-state index in [0.29, 0.717) is 19.7 Å². The number of carbonyl (C=O) groups is 1. The highest BCUT2D eigenvalue weighted by Crippen LogP contribution is 2.28. The SMILES string of the molecule is COCC1(C(=O)N(C)Cc2cccc(F)c2)CCNC1. The first-order chi connectivity index (χ1) is 9.57. The number of rotatable bonds is 5. The molecular weight excluding hydrogens is 259 g/mol. The number of benzene rings is 1. The first kappa shape index (κ1) is 14.9. The van der Waals surface area contributed by atoms with Crippen LogP contribution >= 0.6 is 0 Å². The molecule has 1 aliphatic heterocycles. The summed E-state index contributed by atoms with van der Waals surface area (Å²) in [6, 6.07) is 6.34. The summed E-state index contributed by atoms with van der Waals surface area (Å²) in [4.78, 5) is 14.3. The molecule has 1 unspecified atom stereocenters. The Hall–Kier alpha value is -1.46. The van der Waals surface area contributed by atoms with E-state index in [0.717, 1.165) is 18.5 Å². The number of ether oxygens (including phenoxy) is 1. The number of methoxy groups -OCH3 is 1. The van der Waals surface area contributed by atoms with Crippen molar-refractivity contribution < 1.29 is 13.9 Å². The third-order valence-corrected chi connectivity index (χ3v) is 3.77. The average Bonchev–Trinajstić information content (AvgIpc) is 2.88. The summed E-state index contributed by atoms with van der Waals surface area (Å²) in [7, 11) is 3.36. The molecule has 1 atom stereocenters. The van der Waals surface area contributed by atoms with E-state index in [9.17, 15) is 9.18 Å². The predicted molar refractivity (Wildman–Crippen MR) is 74.7 cm³/mol. The Labute approximate surface area is 118 Å². The predicted octanol–water partition coefficient (Wildman–Crippen LogP) is 1.41. The first-order valence-electron chi connectivity index (χ1n) is 6.77. The number of halogens is 1. The van der Waals surface area contributed by atoms with Gasteiger partial charge in [0.15, 0.2) is 0 Å². The molecule has 1 heterocycles. The zero-order valence-corrected chi connectivity index (χ0v) is 12.0. The van der Waals surface area contributed by atoms with Crippen molar-refractivity contribution in [3.05, 3.63) is 35.6 Å². The number of carbonyl (C=O) groups excluding carboxylic acids is 1. The third kappa shape index (κ3) is 3.16. The third-order valence-electron chi connectivity index (χ3n) is 3.77. The van der Waals surface area contributed by atoms with Crippen LogP contribution in [0.1, 0.15) is 12.0 Å². The van der Waals surface area contributed by atoms with E-state index in [4.69, 9.17) is 4.74 Å². The van der Waals surface area contributed by atoms with Gasteiger partial charge in [-0.25, -0.2) is 4.39 Å². The highest BCUT2D eigenvalue weighted by Gasteiger charge is 2.42. The monoisotopic (exact) mass is 280 g/mol. The molecule has 5 heteroatoms. The molecule has 1 aliphatic rings. The zero-order chi connectivity index (χ0) is 14.6. The van der Waals surface area contributed by atoms with E-state index in [-0.39, 0.29) is 11.7 Å². The molecule has 0 spiro atoms. The van der Waals surface area contributed by atoms with Gasteiger partial charge in [0.05, 0.1) is 12.0 Å². The van der Waals surface area contributed by atoms with Crippen LogP contribution in [0.2, 0.25) is 0 Å². The minimum atomic E-state index is -0.489. The molecule has 1 fully saturated rings. The Balaban J connectivity index is 2.07. The van der Waals surface area contributed by atoms with E-state index < -0.39 is 5.41 Å². The van der Waals surface area contributed by atoms with Crippen molar-refractivity contribution in [1.29, 1.82) is 0 Å². The minimum absolute atomic E-state index is 0.0496. The maximum absolute atomic E-state index is 13.2. The Bertz CT molecular complexity index is 473. The smallest absolute Gasteiger partial charge is 0.232 e. The molecule has 1 saturated heterocycles. The lowest BCUT2D eigenvalue weighted by atomic mass is 9.86. The van der Waals surface area contributed by atoms with E-state index in [1.54, 1.807) is 25.1 Å². The lowest BCUT2D eigenvalue weighted by Crippen LogP contribution is -2.46. The molecule has 0 radical (unpaired) electrons. The maximum atomic E-state index is 13.2. The van der Waals surface area contributed by atoms with E-state index in [1.807, 2.05) is 6.07 Å². The lowest BCUT2D eigenvalue weighted by molar-refractivity contribution is -0.143. The van der Waals surface area contributed by atoms with Gasteiger partial charge in [0, 0.05) is 27.2 Å². The topological polar surface area (TPSA) is 41.6 Å². The van der Waals surface area contributed by atoms with Crippen LogP contribution in [0.4, 0.5) is 4.39 Å². The van der Waals surface area contributed by atoms with Gasteiger partial charge in [-0.05, 0) is 30.7 Å². The Morgan fingerprint density at radius 3 is 2.95 bits per heavy atom. The highest BCUT2D eigenvalue weighted by atomic mass is 19.1. The number of hydrogen-bond acceptors (Lipinski definition) is 3. The van der Waals surface area contributed by atoms with Gasteiger partial charge in [-0.3, -0.25) is 4.79 Å². The molecule has 0 bridgehead atoms. The molecule has 1 aromatic rings. The molecule has 1 amide bonds. The summed E-state index contributed by atoms with van der Waals surface area (Å²) in [5.41, 5.74) is 0.302. The zero-order valence-electron chi connectivity index (χ0n) is 12.0. The van der Waals surface area contributed by atoms with Gasteiger partial charge >= 0.3 is 0 Å². The lowest BCUT2D eigenvalue weighted by Gasteiger charge is -2.31. The average molecular weight is 280 g/mol. The van der Waals surface area contributed by atoms with Gasteiger partial charge in [-0.15, -0.1) is 0 Å². The van der Waals surface area contributed by atoms with Crippen molar-refractivity contribution in [3.63, 3.8) is 0 Å². The van der Waals surface area contributed by atoms with Gasteiger partial charge in [-0.2, -0.15) is 0 Å². The van der Waals surface area contributed by atoms with Crippen molar-refractivity contribution in [2.24, 2.45) is 5.41 Å². The van der Waals surface area contributed by atoms with Gasteiger partial charge < -0.3 is 15.0 Å². The molecule has 2 rings (SSSR count). The second-order valence-electron chi connectivity index (χ2n) is 5.43. The Morgan fingerprint density at radius 1 is 1.55 bits per heavy atom. The highest BCUT2D eigenvalue weighted by molar-refractivity contribution is 5.83. The summed E-state index contributed by atoms with van der Waals surface area (Å²) in [6.45, 7) is 2.27. The van der Waals surface area contributed by atoms with E-state index in [1.165, 1.54) is 12.1 Å². The fourth-order valence-corrected chi connectivity index (χ4v) is 2.77. The van der Waals surface area contributed by atoms with Gasteiger partial charge in [0.25, 0.3) is 0 Å². The van der Waals surface area contributed by atoms with Crippen LogP contribution in [0.3, 0.4) is 0 Å². The number of nitrogens with one attached hydrogen (secondary N) is 1. The fourth-order valence-electron chi connectivity index (χ4n) is 2.77. The van der Waals surface area contributed by atoms with Gasteiger partial charge in [0.2, 0.25) is 5.91 Å². The molecular formula is C15H21FN2O2. The second-order valence-corrected chi connectivity index (χ2v) is 5.43. The molecule has 4 nitrogen and oxygen atoms in total. The molecule has 1 N–H and O–H groups in total. The number of hydrogen-bond donors (Lipinski definition) is 1. The molecule has 0 saturated carbocycles. The Kier molecular flexibility index (Phi) is 4.73. The molecule has 0 aromatic heterocycles. The molecule has 110 valence electrons. The van der Waals surface area contributed by atoms with Crippen LogP contribution < -0.4 is 5.32 Å².